The van der Waals surface area contributed by atoms with Gasteiger partial charge in [0.2, 0.25) is 5.91 Å². The number of esters is 1. The number of aryl methyl sites for hydroxylation is 1. The molecule has 146 valence electrons. The smallest absolute Gasteiger partial charge is 0.341 e. The molecule has 4 atom stereocenters. The van der Waals surface area contributed by atoms with Crippen molar-refractivity contribution >= 4 is 34.2 Å². The highest BCUT2D eigenvalue weighted by molar-refractivity contribution is 7.16. The van der Waals surface area contributed by atoms with E-state index in [-0.39, 0.29) is 23.8 Å². The fraction of sp³-hybridized carbons (Fsp3) is 0.550. The van der Waals surface area contributed by atoms with Gasteiger partial charge >= 0.3 is 11.9 Å². The predicted molar refractivity (Wildman–Crippen MR) is 103 cm³/mol. The van der Waals surface area contributed by atoms with E-state index in [1.807, 2.05) is 26.0 Å². The van der Waals surface area contributed by atoms with Crippen molar-refractivity contribution in [3.63, 3.8) is 0 Å². The quantitative estimate of drug-likeness (QED) is 0.570. The molecule has 1 saturated carbocycles. The summed E-state index contributed by atoms with van der Waals surface area (Å²) in [6.07, 6.45) is 4.93. The van der Waals surface area contributed by atoms with Crippen LogP contribution >= 0.6 is 11.3 Å². The monoisotopic (exact) mass is 391 g/mol. The Kier molecular flexibility index (Phi) is 5.42. The number of ether oxygens (including phenoxy) is 1. The molecule has 0 unspecified atom stereocenters. The summed E-state index contributed by atoms with van der Waals surface area (Å²) in [7, 11) is 0. The lowest BCUT2D eigenvalue weighted by Crippen LogP contribution is -2.36. The molecule has 1 aromatic rings. The molecule has 2 aliphatic carbocycles. The van der Waals surface area contributed by atoms with Crippen LogP contribution in [0.1, 0.15) is 48.0 Å². The number of hydrogen-bond acceptors (Lipinski definition) is 5. The second-order valence-electron chi connectivity index (χ2n) is 7.48. The van der Waals surface area contributed by atoms with Crippen molar-refractivity contribution < 1.29 is 24.2 Å². The molecule has 27 heavy (non-hydrogen) atoms. The Labute approximate surface area is 162 Å². The Morgan fingerprint density at radius 2 is 1.89 bits per heavy atom. The molecular weight excluding hydrogens is 366 g/mol. The molecule has 0 aromatic carbocycles. The summed E-state index contributed by atoms with van der Waals surface area (Å²) in [6.45, 7) is 7.42. The Bertz CT molecular complexity index is 810. The number of carbonyl (C=O) groups excluding carboxylic acids is 2. The van der Waals surface area contributed by atoms with Gasteiger partial charge in [0.1, 0.15) is 5.00 Å². The minimum atomic E-state index is -0.942. The minimum absolute atomic E-state index is 0.0612. The number of amides is 1. The van der Waals surface area contributed by atoms with Crippen molar-refractivity contribution in [3.05, 3.63) is 28.2 Å². The molecule has 0 spiro atoms. The molecule has 0 radical (unpaired) electrons. The highest BCUT2D eigenvalue weighted by atomic mass is 32.1. The third kappa shape index (κ3) is 3.52. The van der Waals surface area contributed by atoms with Crippen LogP contribution in [0.5, 0.6) is 0 Å². The number of carbonyl (C=O) groups is 3. The summed E-state index contributed by atoms with van der Waals surface area (Å²) in [5.41, 5.74) is 1.26. The SMILES string of the molecule is CCc1c(C)sc(NC(=O)[C@H]2[C@@H](C(=O)O)[C@H]3C=C[C@H]2C3)c1C(=O)OC(C)C. The van der Waals surface area contributed by atoms with Gasteiger partial charge in [-0.3, -0.25) is 9.59 Å². The lowest BCUT2D eigenvalue weighted by Gasteiger charge is -2.23. The van der Waals surface area contributed by atoms with Gasteiger partial charge in [-0.1, -0.05) is 19.1 Å². The molecule has 7 heteroatoms. The van der Waals surface area contributed by atoms with Gasteiger partial charge in [-0.25, -0.2) is 4.79 Å². The van der Waals surface area contributed by atoms with Crippen molar-refractivity contribution in [1.29, 1.82) is 0 Å². The predicted octanol–water partition coefficient (Wildman–Crippen LogP) is 3.65. The van der Waals surface area contributed by atoms with E-state index in [1.165, 1.54) is 11.3 Å². The second kappa shape index (κ2) is 7.46. The molecular formula is C20H25NO5S. The number of carboxylic acids is 1. The van der Waals surface area contributed by atoms with E-state index in [1.54, 1.807) is 13.8 Å². The number of anilines is 1. The van der Waals surface area contributed by atoms with Crippen LogP contribution in [0.15, 0.2) is 12.2 Å². The number of aliphatic carboxylic acids is 1. The summed E-state index contributed by atoms with van der Waals surface area (Å²) in [5, 5.41) is 12.9. The van der Waals surface area contributed by atoms with E-state index >= 15 is 0 Å². The van der Waals surface area contributed by atoms with E-state index < -0.39 is 23.8 Å². The van der Waals surface area contributed by atoms with Crippen molar-refractivity contribution in [2.45, 2.75) is 46.6 Å². The summed E-state index contributed by atoms with van der Waals surface area (Å²) in [4.78, 5) is 38.2. The number of allylic oxidation sites excluding steroid dienone is 2. The fourth-order valence-electron chi connectivity index (χ4n) is 4.29. The molecule has 2 bridgehead atoms. The number of carboxylic acid groups (broad SMARTS) is 1. The Morgan fingerprint density at radius 1 is 1.26 bits per heavy atom. The largest absolute Gasteiger partial charge is 0.481 e. The maximum Gasteiger partial charge on any atom is 0.341 e. The van der Waals surface area contributed by atoms with Gasteiger partial charge in [-0.05, 0) is 51.0 Å². The van der Waals surface area contributed by atoms with Gasteiger partial charge in [0.05, 0.1) is 23.5 Å². The average molecular weight is 391 g/mol. The van der Waals surface area contributed by atoms with Crippen LogP contribution in [-0.4, -0.2) is 29.1 Å². The third-order valence-corrected chi connectivity index (χ3v) is 6.46. The van der Waals surface area contributed by atoms with Crippen molar-refractivity contribution in [2.75, 3.05) is 5.32 Å². The molecule has 1 amide bonds. The fourth-order valence-corrected chi connectivity index (χ4v) is 5.43. The van der Waals surface area contributed by atoms with E-state index in [4.69, 9.17) is 4.74 Å². The second-order valence-corrected chi connectivity index (χ2v) is 8.70. The zero-order chi connectivity index (χ0) is 19.9. The van der Waals surface area contributed by atoms with E-state index in [9.17, 15) is 19.5 Å². The summed E-state index contributed by atoms with van der Waals surface area (Å²) < 4.78 is 5.36. The van der Waals surface area contributed by atoms with Crippen LogP contribution in [0.25, 0.3) is 0 Å². The zero-order valence-electron chi connectivity index (χ0n) is 15.9. The summed E-state index contributed by atoms with van der Waals surface area (Å²) in [6, 6.07) is 0. The van der Waals surface area contributed by atoms with Crippen molar-refractivity contribution in [2.24, 2.45) is 23.7 Å². The highest BCUT2D eigenvalue weighted by Gasteiger charge is 2.51. The Morgan fingerprint density at radius 3 is 2.44 bits per heavy atom. The van der Waals surface area contributed by atoms with Crippen LogP contribution in [0.3, 0.4) is 0 Å². The van der Waals surface area contributed by atoms with Gasteiger partial charge in [0.25, 0.3) is 0 Å². The molecule has 6 nitrogen and oxygen atoms in total. The maximum atomic E-state index is 13.0. The molecule has 0 aliphatic heterocycles. The number of nitrogens with one attached hydrogen (secondary N) is 1. The topological polar surface area (TPSA) is 92.7 Å². The van der Waals surface area contributed by atoms with Crippen LogP contribution < -0.4 is 5.32 Å². The zero-order valence-corrected chi connectivity index (χ0v) is 16.8. The standard InChI is InChI=1S/C20H25NO5S/c1-5-13-10(4)27-18(16(13)20(25)26-9(2)3)21-17(22)14-11-6-7-12(8-11)15(14)19(23)24/h6-7,9,11-12,14-15H,5,8H2,1-4H3,(H,21,22)(H,23,24)/t11-,12-,14+,15-/m0/s1. The van der Waals surface area contributed by atoms with Crippen LogP contribution in [0, 0.1) is 30.6 Å². The van der Waals surface area contributed by atoms with Crippen LogP contribution in [0.4, 0.5) is 5.00 Å². The lowest BCUT2D eigenvalue weighted by molar-refractivity contribution is -0.146. The molecule has 1 heterocycles. The van der Waals surface area contributed by atoms with E-state index in [0.29, 0.717) is 23.4 Å². The normalized spacial score (nSPS) is 25.8. The molecule has 2 N–H and O–H groups in total. The van der Waals surface area contributed by atoms with Gasteiger partial charge in [-0.2, -0.15) is 0 Å². The number of hydrogen-bond donors (Lipinski definition) is 2. The van der Waals surface area contributed by atoms with E-state index in [2.05, 4.69) is 5.32 Å². The molecule has 1 fully saturated rings. The molecule has 1 aromatic heterocycles. The Balaban J connectivity index is 1.89. The third-order valence-electron chi connectivity index (χ3n) is 5.39. The summed E-state index contributed by atoms with van der Waals surface area (Å²) >= 11 is 1.34. The first-order valence-corrected chi connectivity index (χ1v) is 10.1. The highest BCUT2D eigenvalue weighted by Crippen LogP contribution is 2.49. The summed E-state index contributed by atoms with van der Waals surface area (Å²) in [5.74, 6) is -3.20. The van der Waals surface area contributed by atoms with Crippen molar-refractivity contribution in [1.82, 2.24) is 0 Å². The van der Waals surface area contributed by atoms with Gasteiger partial charge < -0.3 is 15.2 Å². The number of rotatable bonds is 6. The molecule has 3 rings (SSSR count). The lowest BCUT2D eigenvalue weighted by atomic mass is 9.82. The first-order chi connectivity index (χ1) is 12.7. The van der Waals surface area contributed by atoms with Crippen LogP contribution in [0.2, 0.25) is 0 Å². The first-order valence-electron chi connectivity index (χ1n) is 9.29. The first kappa shape index (κ1) is 19.6. The van der Waals surface area contributed by atoms with Gasteiger partial charge in [-0.15, -0.1) is 11.3 Å². The molecule has 0 saturated heterocycles. The van der Waals surface area contributed by atoms with Crippen LogP contribution in [-0.2, 0) is 20.7 Å². The van der Waals surface area contributed by atoms with Gasteiger partial charge in [0.15, 0.2) is 0 Å². The minimum Gasteiger partial charge on any atom is -0.481 e. The number of thiophene rings is 1. The van der Waals surface area contributed by atoms with E-state index in [0.717, 1.165) is 10.4 Å². The Hall–Kier alpha value is -2.15. The molecule has 2 aliphatic rings. The maximum absolute atomic E-state index is 13.0. The average Bonchev–Trinajstić information content (AvgIpc) is 3.25. The van der Waals surface area contributed by atoms with Crippen molar-refractivity contribution in [3.8, 4) is 0 Å². The van der Waals surface area contributed by atoms with Gasteiger partial charge in [0, 0.05) is 4.88 Å². The number of fused-ring (bicyclic) bond motifs is 2.